The predicted molar refractivity (Wildman–Crippen MR) is 113 cm³/mol. The van der Waals surface area contributed by atoms with E-state index < -0.39 is 0 Å². The molecule has 5 nitrogen and oxygen atoms in total. The van der Waals surface area contributed by atoms with E-state index in [-0.39, 0.29) is 5.91 Å². The van der Waals surface area contributed by atoms with Crippen LogP contribution < -0.4 is 15.5 Å². The molecule has 2 aromatic rings. The van der Waals surface area contributed by atoms with Gasteiger partial charge in [0.25, 0.3) is 5.91 Å². The smallest absolute Gasteiger partial charge is 0.257 e. The van der Waals surface area contributed by atoms with Gasteiger partial charge < -0.3 is 15.5 Å². The van der Waals surface area contributed by atoms with E-state index in [1.54, 1.807) is 6.20 Å². The highest BCUT2D eigenvalue weighted by Crippen LogP contribution is 2.21. The SMILES string of the molecule is CCN(CC)c1ccc(NC(=O)c2ccc(NC3CCCCC3)nc2)cc1. The molecule has 0 aliphatic heterocycles. The first-order valence-corrected chi connectivity index (χ1v) is 10.1. The van der Waals surface area contributed by atoms with Gasteiger partial charge in [0.2, 0.25) is 0 Å². The second-order valence-corrected chi connectivity index (χ2v) is 7.08. The van der Waals surface area contributed by atoms with Crippen molar-refractivity contribution < 1.29 is 4.79 Å². The van der Waals surface area contributed by atoms with E-state index in [4.69, 9.17) is 0 Å². The Morgan fingerprint density at radius 1 is 1.04 bits per heavy atom. The Bertz CT molecular complexity index is 717. The van der Waals surface area contributed by atoms with Gasteiger partial charge in [-0.15, -0.1) is 0 Å². The number of amides is 1. The van der Waals surface area contributed by atoms with E-state index in [0.29, 0.717) is 11.6 Å². The van der Waals surface area contributed by atoms with Crippen molar-refractivity contribution in [3.05, 3.63) is 48.2 Å². The summed E-state index contributed by atoms with van der Waals surface area (Å²) in [6.45, 7) is 6.21. The number of hydrogen-bond acceptors (Lipinski definition) is 4. The molecule has 1 aliphatic rings. The number of nitrogens with one attached hydrogen (secondary N) is 2. The Kier molecular flexibility index (Phi) is 6.69. The number of rotatable bonds is 7. The zero-order chi connectivity index (χ0) is 19.1. The van der Waals surface area contributed by atoms with Crippen molar-refractivity contribution in [3.8, 4) is 0 Å². The van der Waals surface area contributed by atoms with Crippen molar-refractivity contribution in [2.75, 3.05) is 28.6 Å². The van der Waals surface area contributed by atoms with Gasteiger partial charge >= 0.3 is 0 Å². The molecular formula is C22H30N4O. The summed E-state index contributed by atoms with van der Waals surface area (Å²) in [6, 6.07) is 12.2. The Hall–Kier alpha value is -2.56. The van der Waals surface area contributed by atoms with E-state index in [2.05, 4.69) is 34.4 Å². The first-order valence-electron chi connectivity index (χ1n) is 10.1. The van der Waals surface area contributed by atoms with Crippen molar-refractivity contribution in [3.63, 3.8) is 0 Å². The Balaban J connectivity index is 1.57. The Morgan fingerprint density at radius 2 is 1.74 bits per heavy atom. The molecule has 1 amide bonds. The molecule has 1 saturated carbocycles. The predicted octanol–water partition coefficient (Wildman–Crippen LogP) is 4.92. The van der Waals surface area contributed by atoms with E-state index in [1.807, 2.05) is 36.4 Å². The molecule has 27 heavy (non-hydrogen) atoms. The van der Waals surface area contributed by atoms with Crippen LogP contribution in [0.3, 0.4) is 0 Å². The van der Waals surface area contributed by atoms with Crippen molar-refractivity contribution in [1.82, 2.24) is 4.98 Å². The summed E-state index contributed by atoms with van der Waals surface area (Å²) in [7, 11) is 0. The molecule has 144 valence electrons. The number of anilines is 3. The first-order chi connectivity index (χ1) is 13.2. The maximum atomic E-state index is 12.5. The van der Waals surface area contributed by atoms with Crippen LogP contribution in [0.2, 0.25) is 0 Å². The minimum Gasteiger partial charge on any atom is -0.372 e. The molecule has 5 heteroatoms. The maximum Gasteiger partial charge on any atom is 0.257 e. The number of pyridine rings is 1. The molecule has 1 heterocycles. The molecule has 1 fully saturated rings. The highest BCUT2D eigenvalue weighted by atomic mass is 16.1. The number of carbonyl (C=O) groups excluding carboxylic acids is 1. The molecule has 0 bridgehead atoms. The van der Waals surface area contributed by atoms with Crippen LogP contribution in [0, 0.1) is 0 Å². The number of aromatic nitrogens is 1. The molecule has 0 unspecified atom stereocenters. The van der Waals surface area contributed by atoms with E-state index in [9.17, 15) is 4.79 Å². The molecular weight excluding hydrogens is 336 g/mol. The van der Waals surface area contributed by atoms with E-state index in [1.165, 1.54) is 32.1 Å². The van der Waals surface area contributed by atoms with Crippen LogP contribution >= 0.6 is 0 Å². The van der Waals surface area contributed by atoms with Gasteiger partial charge in [0.1, 0.15) is 5.82 Å². The zero-order valence-corrected chi connectivity index (χ0v) is 16.4. The molecule has 0 radical (unpaired) electrons. The maximum absolute atomic E-state index is 12.5. The van der Waals surface area contributed by atoms with Crippen molar-refractivity contribution in [2.45, 2.75) is 52.0 Å². The van der Waals surface area contributed by atoms with Gasteiger partial charge in [-0.3, -0.25) is 4.79 Å². The highest BCUT2D eigenvalue weighted by molar-refractivity contribution is 6.04. The molecule has 0 atom stereocenters. The van der Waals surface area contributed by atoms with Crippen LogP contribution in [0.5, 0.6) is 0 Å². The van der Waals surface area contributed by atoms with Gasteiger partial charge in [-0.05, 0) is 63.1 Å². The zero-order valence-electron chi connectivity index (χ0n) is 16.4. The summed E-state index contributed by atoms with van der Waals surface area (Å²) in [5.41, 5.74) is 2.52. The lowest BCUT2D eigenvalue weighted by molar-refractivity contribution is 0.102. The second kappa shape index (κ2) is 9.40. The Morgan fingerprint density at radius 3 is 2.33 bits per heavy atom. The number of hydrogen-bond donors (Lipinski definition) is 2. The number of carbonyl (C=O) groups is 1. The van der Waals surface area contributed by atoms with Crippen molar-refractivity contribution >= 4 is 23.1 Å². The van der Waals surface area contributed by atoms with Gasteiger partial charge in [0, 0.05) is 36.7 Å². The summed E-state index contributed by atoms with van der Waals surface area (Å²) >= 11 is 0. The van der Waals surface area contributed by atoms with Gasteiger partial charge in [-0.2, -0.15) is 0 Å². The summed E-state index contributed by atoms with van der Waals surface area (Å²) in [6.07, 6.45) is 7.95. The average Bonchev–Trinajstić information content (AvgIpc) is 2.71. The first kappa shape index (κ1) is 19.2. The van der Waals surface area contributed by atoms with Gasteiger partial charge in [-0.1, -0.05) is 19.3 Å². The average molecular weight is 367 g/mol. The van der Waals surface area contributed by atoms with Crippen molar-refractivity contribution in [1.29, 1.82) is 0 Å². The fourth-order valence-electron chi connectivity index (χ4n) is 3.62. The molecule has 3 rings (SSSR count). The second-order valence-electron chi connectivity index (χ2n) is 7.08. The van der Waals surface area contributed by atoms with Gasteiger partial charge in [0.05, 0.1) is 5.56 Å². The number of nitrogens with zero attached hydrogens (tertiary/aromatic N) is 2. The Labute approximate surface area is 162 Å². The third kappa shape index (κ3) is 5.22. The third-order valence-corrected chi connectivity index (χ3v) is 5.24. The lowest BCUT2D eigenvalue weighted by Gasteiger charge is -2.23. The molecule has 2 N–H and O–H groups in total. The quantitative estimate of drug-likeness (QED) is 0.730. The van der Waals surface area contributed by atoms with Gasteiger partial charge in [0.15, 0.2) is 0 Å². The van der Waals surface area contributed by atoms with Crippen LogP contribution in [0.4, 0.5) is 17.2 Å². The van der Waals surface area contributed by atoms with E-state index >= 15 is 0 Å². The summed E-state index contributed by atoms with van der Waals surface area (Å²) in [5, 5.41) is 6.42. The standard InChI is InChI=1S/C22H30N4O/c1-3-26(4-2)20-13-11-19(12-14-20)25-22(27)17-10-15-21(23-16-17)24-18-8-6-5-7-9-18/h10-16,18H,3-9H2,1-2H3,(H,23,24)(H,25,27). The summed E-state index contributed by atoms with van der Waals surface area (Å²) < 4.78 is 0. The van der Waals surface area contributed by atoms with E-state index in [0.717, 1.165) is 30.3 Å². The lowest BCUT2D eigenvalue weighted by atomic mass is 9.95. The molecule has 1 aliphatic carbocycles. The number of benzene rings is 1. The van der Waals surface area contributed by atoms with Crippen LogP contribution in [0.1, 0.15) is 56.3 Å². The minimum absolute atomic E-state index is 0.137. The summed E-state index contributed by atoms with van der Waals surface area (Å²) in [5.74, 6) is 0.712. The fraction of sp³-hybridized carbons (Fsp3) is 0.455. The minimum atomic E-state index is -0.137. The normalized spacial score (nSPS) is 14.6. The largest absolute Gasteiger partial charge is 0.372 e. The van der Waals surface area contributed by atoms with Gasteiger partial charge in [-0.25, -0.2) is 4.98 Å². The topological polar surface area (TPSA) is 57.3 Å². The van der Waals surface area contributed by atoms with Crippen LogP contribution in [0.25, 0.3) is 0 Å². The summed E-state index contributed by atoms with van der Waals surface area (Å²) in [4.78, 5) is 19.2. The monoisotopic (exact) mass is 366 g/mol. The fourth-order valence-corrected chi connectivity index (χ4v) is 3.62. The lowest BCUT2D eigenvalue weighted by Crippen LogP contribution is -2.23. The highest BCUT2D eigenvalue weighted by Gasteiger charge is 2.14. The van der Waals surface area contributed by atoms with Crippen molar-refractivity contribution in [2.24, 2.45) is 0 Å². The van der Waals surface area contributed by atoms with Crippen LogP contribution in [-0.2, 0) is 0 Å². The molecule has 1 aromatic carbocycles. The van der Waals surface area contributed by atoms with Crippen LogP contribution in [-0.4, -0.2) is 30.0 Å². The van der Waals surface area contributed by atoms with Crippen LogP contribution in [0.15, 0.2) is 42.6 Å². The molecule has 1 aromatic heterocycles. The third-order valence-electron chi connectivity index (χ3n) is 5.24. The molecule has 0 spiro atoms. The molecule has 0 saturated heterocycles.